The highest BCUT2D eigenvalue weighted by Gasteiger charge is 2.33. The van der Waals surface area contributed by atoms with E-state index < -0.39 is 4.92 Å². The van der Waals surface area contributed by atoms with E-state index in [1.54, 1.807) is 29.2 Å². The van der Waals surface area contributed by atoms with Crippen molar-refractivity contribution in [2.24, 2.45) is 0 Å². The maximum absolute atomic E-state index is 12.9. The van der Waals surface area contributed by atoms with Gasteiger partial charge in [0.05, 0.1) is 23.1 Å². The fraction of sp³-hybridized carbons (Fsp3) is 0.227. The highest BCUT2D eigenvalue weighted by Crippen LogP contribution is 2.38. The maximum atomic E-state index is 12.9. The van der Waals surface area contributed by atoms with Gasteiger partial charge in [-0.05, 0) is 49.2 Å². The Labute approximate surface area is 192 Å². The second kappa shape index (κ2) is 8.55. The Hall–Kier alpha value is -3.92. The minimum absolute atomic E-state index is 0.00374. The molecule has 11 heteroatoms. The number of halogens is 1. The zero-order valence-corrected chi connectivity index (χ0v) is 17.9. The lowest BCUT2D eigenvalue weighted by Gasteiger charge is -2.18. The average molecular weight is 469 g/mol. The molecule has 0 bridgehead atoms. The van der Waals surface area contributed by atoms with Gasteiger partial charge in [-0.15, -0.1) is 10.2 Å². The zero-order chi connectivity index (χ0) is 22.9. The van der Waals surface area contributed by atoms with Gasteiger partial charge in [0.15, 0.2) is 11.5 Å². The average Bonchev–Trinajstić information content (AvgIpc) is 3.35. The van der Waals surface area contributed by atoms with Crippen molar-refractivity contribution in [2.75, 3.05) is 6.79 Å². The first-order valence-electron chi connectivity index (χ1n) is 10.1. The van der Waals surface area contributed by atoms with Gasteiger partial charge in [-0.2, -0.15) is 0 Å². The van der Waals surface area contributed by atoms with E-state index in [0.717, 1.165) is 18.4 Å². The van der Waals surface area contributed by atoms with Crippen LogP contribution in [0.3, 0.4) is 0 Å². The van der Waals surface area contributed by atoms with Crippen LogP contribution in [-0.4, -0.2) is 38.8 Å². The molecule has 0 saturated heterocycles. The molecule has 0 spiro atoms. The highest BCUT2D eigenvalue weighted by atomic mass is 35.5. The first kappa shape index (κ1) is 21.0. The van der Waals surface area contributed by atoms with Gasteiger partial charge in [0.2, 0.25) is 24.5 Å². The minimum Gasteiger partial charge on any atom is -0.454 e. The van der Waals surface area contributed by atoms with Gasteiger partial charge in [0.25, 0.3) is 5.69 Å². The summed E-state index contributed by atoms with van der Waals surface area (Å²) in [6, 6.07) is 9.82. The molecule has 1 amide bonds. The van der Waals surface area contributed by atoms with E-state index in [9.17, 15) is 14.9 Å². The van der Waals surface area contributed by atoms with Gasteiger partial charge in [-0.25, -0.2) is 0 Å². The molecule has 2 heterocycles. The van der Waals surface area contributed by atoms with Gasteiger partial charge in [-0.3, -0.25) is 14.9 Å². The van der Waals surface area contributed by atoms with Crippen molar-refractivity contribution < 1.29 is 23.6 Å². The molecule has 0 N–H and O–H groups in total. The normalized spacial score (nSPS) is 14.6. The third kappa shape index (κ3) is 4.51. The molecule has 2 aromatic carbocycles. The molecule has 1 aromatic heterocycles. The zero-order valence-electron chi connectivity index (χ0n) is 17.1. The molecule has 1 aliphatic carbocycles. The number of nitrogens with zero attached hydrogens (tertiary/aromatic N) is 4. The Morgan fingerprint density at radius 2 is 1.91 bits per heavy atom. The van der Waals surface area contributed by atoms with Gasteiger partial charge in [0, 0.05) is 22.7 Å². The molecule has 2 aliphatic rings. The summed E-state index contributed by atoms with van der Waals surface area (Å²) in [6.45, 7) is 0.133. The van der Waals surface area contributed by atoms with Crippen molar-refractivity contribution in [2.45, 2.75) is 25.4 Å². The summed E-state index contributed by atoms with van der Waals surface area (Å²) in [4.78, 5) is 25.5. The second-order valence-electron chi connectivity index (χ2n) is 7.56. The molecule has 5 rings (SSSR count). The maximum Gasteiger partial charge on any atom is 0.280 e. The first-order valence-corrected chi connectivity index (χ1v) is 10.5. The molecule has 0 unspecified atom stereocenters. The molecular formula is C22H17ClN4O6. The molecule has 0 atom stereocenters. The van der Waals surface area contributed by atoms with E-state index in [0.29, 0.717) is 28.3 Å². The van der Waals surface area contributed by atoms with E-state index in [1.807, 2.05) is 0 Å². The number of amides is 1. The number of aromatic nitrogens is 2. The van der Waals surface area contributed by atoms with E-state index >= 15 is 0 Å². The van der Waals surface area contributed by atoms with Crippen LogP contribution in [0.2, 0.25) is 5.02 Å². The van der Waals surface area contributed by atoms with Gasteiger partial charge in [0.1, 0.15) is 0 Å². The van der Waals surface area contributed by atoms with Crippen LogP contribution in [0.1, 0.15) is 24.3 Å². The molecular weight excluding hydrogens is 452 g/mol. The summed E-state index contributed by atoms with van der Waals surface area (Å²) < 4.78 is 16.2. The van der Waals surface area contributed by atoms with Crippen LogP contribution in [0.4, 0.5) is 5.69 Å². The Kier molecular flexibility index (Phi) is 5.43. The van der Waals surface area contributed by atoms with E-state index in [4.69, 9.17) is 25.5 Å². The topological polar surface area (TPSA) is 121 Å². The van der Waals surface area contributed by atoms with Crippen LogP contribution in [0, 0.1) is 10.1 Å². The van der Waals surface area contributed by atoms with Gasteiger partial charge in [-0.1, -0.05) is 11.6 Å². The molecule has 1 saturated carbocycles. The van der Waals surface area contributed by atoms with Crippen LogP contribution < -0.4 is 9.47 Å². The SMILES string of the molecule is O=C(/C=C/c1cc2c(cc1[N+](=O)[O-])OCO2)N(Cc1nnc(-c2ccc(Cl)cc2)o1)C1CC1. The summed E-state index contributed by atoms with van der Waals surface area (Å²) in [5.41, 5.74) is 0.791. The predicted octanol–water partition coefficient (Wildman–Crippen LogP) is 4.23. The Bertz CT molecular complexity index is 1250. The molecule has 168 valence electrons. The number of hydrogen-bond acceptors (Lipinski definition) is 8. The largest absolute Gasteiger partial charge is 0.454 e. The number of benzene rings is 2. The molecule has 0 radical (unpaired) electrons. The fourth-order valence-corrected chi connectivity index (χ4v) is 3.57. The minimum atomic E-state index is -0.526. The van der Waals surface area contributed by atoms with Crippen molar-refractivity contribution in [3.05, 3.63) is 69.1 Å². The summed E-state index contributed by atoms with van der Waals surface area (Å²) in [5.74, 6) is 1.01. The molecule has 1 aliphatic heterocycles. The second-order valence-corrected chi connectivity index (χ2v) is 8.00. The number of ether oxygens (including phenoxy) is 2. The number of nitro benzene ring substituents is 1. The molecule has 33 heavy (non-hydrogen) atoms. The first-order chi connectivity index (χ1) is 16.0. The van der Waals surface area contributed by atoms with Crippen molar-refractivity contribution in [1.29, 1.82) is 0 Å². The Balaban J connectivity index is 1.34. The van der Waals surface area contributed by atoms with Crippen LogP contribution in [-0.2, 0) is 11.3 Å². The lowest BCUT2D eigenvalue weighted by molar-refractivity contribution is -0.385. The van der Waals surface area contributed by atoms with Crippen LogP contribution in [0.5, 0.6) is 11.5 Å². The van der Waals surface area contributed by atoms with Crippen LogP contribution >= 0.6 is 11.6 Å². The van der Waals surface area contributed by atoms with Crippen molar-refractivity contribution in [3.8, 4) is 23.0 Å². The molecule has 10 nitrogen and oxygen atoms in total. The lowest BCUT2D eigenvalue weighted by Crippen LogP contribution is -2.31. The monoisotopic (exact) mass is 468 g/mol. The highest BCUT2D eigenvalue weighted by molar-refractivity contribution is 6.30. The quantitative estimate of drug-likeness (QED) is 0.287. The van der Waals surface area contributed by atoms with Crippen molar-refractivity contribution >= 4 is 29.3 Å². The summed E-state index contributed by atoms with van der Waals surface area (Å²) in [7, 11) is 0. The number of nitro groups is 1. The summed E-state index contributed by atoms with van der Waals surface area (Å²) in [6.07, 6.45) is 4.44. The predicted molar refractivity (Wildman–Crippen MR) is 117 cm³/mol. The Morgan fingerprint density at radius 3 is 2.61 bits per heavy atom. The van der Waals surface area contributed by atoms with E-state index in [-0.39, 0.29) is 36.5 Å². The molecule has 3 aromatic rings. The number of rotatable bonds is 7. The summed E-state index contributed by atoms with van der Waals surface area (Å²) in [5, 5.41) is 20.1. The Morgan fingerprint density at radius 1 is 1.18 bits per heavy atom. The smallest absolute Gasteiger partial charge is 0.280 e. The lowest BCUT2D eigenvalue weighted by atomic mass is 10.1. The van der Waals surface area contributed by atoms with Crippen molar-refractivity contribution in [3.63, 3.8) is 0 Å². The number of carbonyl (C=O) groups excluding carboxylic acids is 1. The van der Waals surface area contributed by atoms with Crippen LogP contribution in [0.25, 0.3) is 17.5 Å². The van der Waals surface area contributed by atoms with E-state index in [2.05, 4.69) is 10.2 Å². The number of hydrogen-bond donors (Lipinski definition) is 0. The van der Waals surface area contributed by atoms with Crippen molar-refractivity contribution in [1.82, 2.24) is 15.1 Å². The fourth-order valence-electron chi connectivity index (χ4n) is 3.44. The standard InChI is InChI=1S/C22H17ClN4O6/c23-15-4-1-13(2-5-15)22-25-24-20(33-22)11-26(16-6-7-16)21(28)8-3-14-9-18-19(32-12-31-18)10-17(14)27(29)30/h1-5,8-10,16H,6-7,11-12H2/b8-3+. The van der Waals surface area contributed by atoms with Crippen LogP contribution in [0.15, 0.2) is 46.9 Å². The third-order valence-corrected chi connectivity index (χ3v) is 5.51. The number of carbonyl (C=O) groups is 1. The molecule has 1 fully saturated rings. The summed E-state index contributed by atoms with van der Waals surface area (Å²) >= 11 is 5.91. The number of fused-ring (bicyclic) bond motifs is 1. The van der Waals surface area contributed by atoms with Gasteiger partial charge >= 0.3 is 0 Å². The van der Waals surface area contributed by atoms with E-state index in [1.165, 1.54) is 24.3 Å². The van der Waals surface area contributed by atoms with Gasteiger partial charge < -0.3 is 18.8 Å². The third-order valence-electron chi connectivity index (χ3n) is 5.26.